The van der Waals surface area contributed by atoms with Gasteiger partial charge in [-0.15, -0.1) is 0 Å². The van der Waals surface area contributed by atoms with Gasteiger partial charge in [-0.05, 0) is 6.07 Å². The molecule has 98 valence electrons. The number of alkyl halides is 4. The standard InChI is InChI=1S/C9H6Cl4N2O3/c10-8(9(11,12)13)14-7(16)5-3-1-2-4-6(5)15(17)18/h1-4,8H,(H,14,16). The molecule has 0 fully saturated rings. The molecule has 0 bridgehead atoms. The molecule has 1 N–H and O–H groups in total. The molecule has 1 atom stereocenters. The number of carbonyl (C=O) groups excluding carboxylic acids is 1. The Balaban J connectivity index is 2.95. The van der Waals surface area contributed by atoms with Crippen molar-refractivity contribution in [3.63, 3.8) is 0 Å². The molecule has 1 amide bonds. The molecule has 0 spiro atoms. The minimum atomic E-state index is -1.92. The quantitative estimate of drug-likeness (QED) is 0.400. The second-order valence-electron chi connectivity index (χ2n) is 3.15. The highest BCUT2D eigenvalue weighted by Crippen LogP contribution is 2.32. The molecule has 0 aliphatic heterocycles. The van der Waals surface area contributed by atoms with Crippen LogP contribution in [-0.2, 0) is 0 Å². The first kappa shape index (κ1) is 15.3. The van der Waals surface area contributed by atoms with E-state index >= 15 is 0 Å². The Hall–Kier alpha value is -0.750. The molecule has 1 aromatic carbocycles. The second kappa shape index (κ2) is 5.93. The van der Waals surface area contributed by atoms with Gasteiger partial charge in [0.2, 0.25) is 3.79 Å². The number of rotatable bonds is 3. The molecule has 0 saturated heterocycles. The van der Waals surface area contributed by atoms with Crippen LogP contribution in [0.4, 0.5) is 5.69 Å². The summed E-state index contributed by atoms with van der Waals surface area (Å²) in [5, 5.41) is 12.9. The van der Waals surface area contributed by atoms with Gasteiger partial charge in [0.15, 0.2) is 5.50 Å². The van der Waals surface area contributed by atoms with E-state index in [1.807, 2.05) is 0 Å². The van der Waals surface area contributed by atoms with Crippen molar-refractivity contribution in [2.24, 2.45) is 0 Å². The lowest BCUT2D eigenvalue weighted by atomic mass is 10.1. The fourth-order valence-electron chi connectivity index (χ4n) is 1.10. The fourth-order valence-corrected chi connectivity index (χ4v) is 1.36. The van der Waals surface area contributed by atoms with E-state index < -0.39 is 20.1 Å². The number of benzene rings is 1. The molecule has 0 heterocycles. The van der Waals surface area contributed by atoms with Gasteiger partial charge in [0.05, 0.1) is 4.92 Å². The first-order chi connectivity index (χ1) is 8.23. The van der Waals surface area contributed by atoms with Crippen LogP contribution < -0.4 is 5.32 Å². The Bertz CT molecular complexity index is 475. The van der Waals surface area contributed by atoms with Crippen molar-refractivity contribution in [3.05, 3.63) is 39.9 Å². The van der Waals surface area contributed by atoms with E-state index in [-0.39, 0.29) is 11.3 Å². The smallest absolute Gasteiger partial charge is 0.282 e. The van der Waals surface area contributed by atoms with Gasteiger partial charge in [-0.25, -0.2) is 0 Å². The van der Waals surface area contributed by atoms with E-state index in [1.165, 1.54) is 24.3 Å². The molecule has 1 unspecified atom stereocenters. The van der Waals surface area contributed by atoms with Crippen LogP contribution in [0.25, 0.3) is 0 Å². The molecule has 18 heavy (non-hydrogen) atoms. The highest BCUT2D eigenvalue weighted by Gasteiger charge is 2.33. The number of amides is 1. The van der Waals surface area contributed by atoms with Crippen molar-refractivity contribution in [2.45, 2.75) is 9.29 Å². The molecule has 1 aromatic rings. The van der Waals surface area contributed by atoms with Crippen LogP contribution in [0.15, 0.2) is 24.3 Å². The van der Waals surface area contributed by atoms with Gasteiger partial charge in [-0.3, -0.25) is 14.9 Å². The topological polar surface area (TPSA) is 72.2 Å². The van der Waals surface area contributed by atoms with Crippen molar-refractivity contribution in [1.29, 1.82) is 0 Å². The number of nitrogens with one attached hydrogen (secondary N) is 1. The first-order valence-electron chi connectivity index (χ1n) is 4.48. The lowest BCUT2D eigenvalue weighted by Gasteiger charge is -2.19. The van der Waals surface area contributed by atoms with Crippen LogP contribution >= 0.6 is 46.4 Å². The summed E-state index contributed by atoms with van der Waals surface area (Å²) in [4.78, 5) is 21.8. The van der Waals surface area contributed by atoms with Gasteiger partial charge in [0.25, 0.3) is 11.6 Å². The molecular weight excluding hydrogens is 326 g/mol. The van der Waals surface area contributed by atoms with Crippen LogP contribution in [0.2, 0.25) is 0 Å². The highest BCUT2D eigenvalue weighted by molar-refractivity contribution is 6.70. The molecule has 0 aliphatic rings. The second-order valence-corrected chi connectivity index (χ2v) is 5.96. The van der Waals surface area contributed by atoms with Crippen LogP contribution in [0.3, 0.4) is 0 Å². The van der Waals surface area contributed by atoms with Crippen molar-refractivity contribution in [1.82, 2.24) is 5.32 Å². The zero-order valence-electron chi connectivity index (χ0n) is 8.57. The van der Waals surface area contributed by atoms with Crippen molar-refractivity contribution in [3.8, 4) is 0 Å². The molecular formula is C9H6Cl4N2O3. The monoisotopic (exact) mass is 330 g/mol. The molecule has 1 rings (SSSR count). The third kappa shape index (κ3) is 3.88. The summed E-state index contributed by atoms with van der Waals surface area (Å²) in [5.74, 6) is -0.798. The highest BCUT2D eigenvalue weighted by atomic mass is 35.6. The predicted octanol–water partition coefficient (Wildman–Crippen LogP) is 3.26. The van der Waals surface area contributed by atoms with E-state index in [2.05, 4.69) is 5.32 Å². The number of nitro groups is 1. The summed E-state index contributed by atoms with van der Waals surface area (Å²) in [6.07, 6.45) is 0. The van der Waals surface area contributed by atoms with Crippen molar-refractivity contribution in [2.75, 3.05) is 0 Å². The number of carbonyl (C=O) groups is 1. The van der Waals surface area contributed by atoms with Gasteiger partial charge in [0.1, 0.15) is 5.56 Å². The SMILES string of the molecule is O=C(NC(Cl)C(Cl)(Cl)Cl)c1ccccc1[N+](=O)[O-]. The van der Waals surface area contributed by atoms with E-state index in [0.717, 1.165) is 0 Å². The zero-order chi connectivity index (χ0) is 13.9. The molecule has 5 nitrogen and oxygen atoms in total. The van der Waals surface area contributed by atoms with Gasteiger partial charge >= 0.3 is 0 Å². The van der Waals surface area contributed by atoms with Gasteiger partial charge in [-0.2, -0.15) is 0 Å². The van der Waals surface area contributed by atoms with E-state index in [1.54, 1.807) is 0 Å². The summed E-state index contributed by atoms with van der Waals surface area (Å²) in [6.45, 7) is 0. The lowest BCUT2D eigenvalue weighted by molar-refractivity contribution is -0.385. The minimum Gasteiger partial charge on any atom is -0.332 e. The number of halogens is 4. The normalized spacial score (nSPS) is 12.9. The Labute approximate surface area is 122 Å². The molecule has 0 radical (unpaired) electrons. The number of para-hydroxylation sites is 1. The first-order valence-corrected chi connectivity index (χ1v) is 6.05. The zero-order valence-corrected chi connectivity index (χ0v) is 11.6. The Morgan fingerprint density at radius 2 is 1.89 bits per heavy atom. The number of nitro benzene ring substituents is 1. The number of hydrogen-bond acceptors (Lipinski definition) is 3. The van der Waals surface area contributed by atoms with Gasteiger partial charge in [-0.1, -0.05) is 58.5 Å². The maximum Gasteiger partial charge on any atom is 0.282 e. The Kier molecular flexibility index (Phi) is 5.04. The summed E-state index contributed by atoms with van der Waals surface area (Å²) in [6, 6.07) is 5.37. The minimum absolute atomic E-state index is 0.164. The average molecular weight is 332 g/mol. The van der Waals surface area contributed by atoms with Crippen LogP contribution in [0.1, 0.15) is 10.4 Å². The van der Waals surface area contributed by atoms with Gasteiger partial charge < -0.3 is 5.32 Å². The summed E-state index contributed by atoms with van der Waals surface area (Å²) in [5.41, 5.74) is -1.83. The van der Waals surface area contributed by atoms with Gasteiger partial charge in [0, 0.05) is 6.07 Å². The van der Waals surface area contributed by atoms with E-state index in [4.69, 9.17) is 46.4 Å². The van der Waals surface area contributed by atoms with Crippen molar-refractivity contribution >= 4 is 58.0 Å². The lowest BCUT2D eigenvalue weighted by Crippen LogP contribution is -2.39. The van der Waals surface area contributed by atoms with Crippen LogP contribution in [0, 0.1) is 10.1 Å². The maximum atomic E-state index is 11.8. The predicted molar refractivity (Wildman–Crippen MR) is 70.5 cm³/mol. The number of nitrogens with zero attached hydrogens (tertiary/aromatic N) is 1. The summed E-state index contributed by atoms with van der Waals surface area (Å²) < 4.78 is -1.92. The third-order valence-corrected chi connectivity index (χ3v) is 3.32. The average Bonchev–Trinajstić information content (AvgIpc) is 2.27. The summed E-state index contributed by atoms with van der Waals surface area (Å²) >= 11 is 22.0. The third-order valence-electron chi connectivity index (χ3n) is 1.89. The molecule has 0 saturated carbocycles. The van der Waals surface area contributed by atoms with E-state index in [0.29, 0.717) is 0 Å². The Morgan fingerprint density at radius 1 is 1.33 bits per heavy atom. The van der Waals surface area contributed by atoms with E-state index in [9.17, 15) is 14.9 Å². The summed E-state index contributed by atoms with van der Waals surface area (Å²) in [7, 11) is 0. The van der Waals surface area contributed by atoms with Crippen molar-refractivity contribution < 1.29 is 9.72 Å². The van der Waals surface area contributed by atoms with Crippen LogP contribution in [0.5, 0.6) is 0 Å². The maximum absolute atomic E-state index is 11.8. The van der Waals surface area contributed by atoms with Crippen LogP contribution in [-0.4, -0.2) is 20.1 Å². The fraction of sp³-hybridized carbons (Fsp3) is 0.222. The molecule has 0 aliphatic carbocycles. The largest absolute Gasteiger partial charge is 0.332 e. The number of hydrogen-bond donors (Lipinski definition) is 1. The Morgan fingerprint density at radius 3 is 2.39 bits per heavy atom. The molecule has 0 aromatic heterocycles. The molecule has 9 heteroatoms.